The Morgan fingerprint density at radius 2 is 2.38 bits per heavy atom. The van der Waals surface area contributed by atoms with E-state index in [4.69, 9.17) is 11.6 Å². The molecule has 16 heavy (non-hydrogen) atoms. The summed E-state index contributed by atoms with van der Waals surface area (Å²) in [5, 5.41) is 0.154. The summed E-state index contributed by atoms with van der Waals surface area (Å²) in [6, 6.07) is 0.305. The number of thioether (sulfide) groups is 1. The zero-order valence-corrected chi connectivity index (χ0v) is 11.2. The van der Waals surface area contributed by atoms with Crippen LogP contribution in [0.25, 0.3) is 0 Å². The third-order valence-electron chi connectivity index (χ3n) is 2.51. The van der Waals surface area contributed by atoms with E-state index in [2.05, 4.69) is 23.1 Å². The van der Waals surface area contributed by atoms with Gasteiger partial charge in [0.2, 0.25) is 0 Å². The van der Waals surface area contributed by atoms with Gasteiger partial charge in [-0.3, -0.25) is 4.79 Å². The molecule has 0 amide bonds. The molecule has 0 aliphatic heterocycles. The summed E-state index contributed by atoms with van der Waals surface area (Å²) in [4.78, 5) is 19.8. The van der Waals surface area contributed by atoms with Gasteiger partial charge in [0.1, 0.15) is 5.02 Å². The molecule has 1 heterocycles. The average Bonchev–Trinajstić information content (AvgIpc) is 2.28. The van der Waals surface area contributed by atoms with Gasteiger partial charge in [0, 0.05) is 13.1 Å². The van der Waals surface area contributed by atoms with Crippen LogP contribution in [0.15, 0.2) is 11.1 Å². The van der Waals surface area contributed by atoms with Crippen molar-refractivity contribution in [3.05, 3.63) is 21.7 Å². The first-order valence-electron chi connectivity index (χ1n) is 5.03. The maximum atomic E-state index is 11.3. The molecule has 0 radical (unpaired) electrons. The third kappa shape index (κ3) is 3.15. The number of nitrogens with one attached hydrogen (secondary N) is 1. The molecule has 0 spiro atoms. The second kappa shape index (κ2) is 6.15. The molecule has 0 aliphatic rings. The molecule has 0 saturated heterocycles. The largest absolute Gasteiger partial charge is 0.355 e. The van der Waals surface area contributed by atoms with E-state index in [0.717, 1.165) is 12.2 Å². The lowest BCUT2D eigenvalue weighted by molar-refractivity contribution is 0.661. The number of halogens is 1. The molecule has 1 unspecified atom stereocenters. The Kier molecular flexibility index (Phi) is 5.15. The van der Waals surface area contributed by atoms with Crippen molar-refractivity contribution in [2.45, 2.75) is 19.4 Å². The van der Waals surface area contributed by atoms with E-state index in [1.807, 2.05) is 11.9 Å². The van der Waals surface area contributed by atoms with Gasteiger partial charge in [0.15, 0.2) is 5.82 Å². The lowest BCUT2D eigenvalue weighted by atomic mass is 10.2. The van der Waals surface area contributed by atoms with Crippen LogP contribution < -0.4 is 10.5 Å². The van der Waals surface area contributed by atoms with Gasteiger partial charge in [-0.25, -0.2) is 4.98 Å². The van der Waals surface area contributed by atoms with Crippen molar-refractivity contribution in [1.29, 1.82) is 0 Å². The van der Waals surface area contributed by atoms with Crippen LogP contribution in [0.1, 0.15) is 13.3 Å². The van der Waals surface area contributed by atoms with E-state index in [-0.39, 0.29) is 10.6 Å². The average molecular weight is 262 g/mol. The molecule has 0 aliphatic carbocycles. The van der Waals surface area contributed by atoms with Crippen LogP contribution >= 0.6 is 23.4 Å². The van der Waals surface area contributed by atoms with Crippen molar-refractivity contribution in [2.24, 2.45) is 0 Å². The number of hydrogen-bond donors (Lipinski definition) is 1. The van der Waals surface area contributed by atoms with Crippen molar-refractivity contribution in [3.63, 3.8) is 0 Å². The molecule has 0 saturated carbocycles. The smallest absolute Gasteiger partial charge is 0.271 e. The van der Waals surface area contributed by atoms with Gasteiger partial charge < -0.3 is 9.88 Å². The highest BCUT2D eigenvalue weighted by atomic mass is 35.5. The molecule has 1 aromatic rings. The number of aromatic nitrogens is 2. The highest BCUT2D eigenvalue weighted by Crippen LogP contribution is 2.20. The van der Waals surface area contributed by atoms with Gasteiger partial charge in [0.05, 0.1) is 6.33 Å². The number of nitrogens with zero attached hydrogens (tertiary/aromatic N) is 2. The summed E-state index contributed by atoms with van der Waals surface area (Å²) < 4.78 is 0. The van der Waals surface area contributed by atoms with Crippen LogP contribution in [0.4, 0.5) is 5.82 Å². The Hall–Kier alpha value is -0.680. The van der Waals surface area contributed by atoms with Crippen LogP contribution in [-0.2, 0) is 0 Å². The van der Waals surface area contributed by atoms with Crippen LogP contribution in [-0.4, -0.2) is 35.1 Å². The fraction of sp³-hybridized carbons (Fsp3) is 0.600. The molecule has 1 N–H and O–H groups in total. The summed E-state index contributed by atoms with van der Waals surface area (Å²) in [5.41, 5.74) is -0.296. The van der Waals surface area contributed by atoms with E-state index in [1.54, 1.807) is 11.8 Å². The Bertz CT molecular complexity index is 396. The van der Waals surface area contributed by atoms with Crippen LogP contribution in [0.3, 0.4) is 0 Å². The first kappa shape index (κ1) is 13.4. The molecule has 6 heteroatoms. The first-order chi connectivity index (χ1) is 7.57. The molecule has 0 bridgehead atoms. The Labute approximate surface area is 104 Å². The fourth-order valence-corrected chi connectivity index (χ4v) is 2.12. The minimum absolute atomic E-state index is 0.154. The summed E-state index contributed by atoms with van der Waals surface area (Å²) in [5.74, 6) is 1.62. The number of aromatic amines is 1. The highest BCUT2D eigenvalue weighted by molar-refractivity contribution is 7.98. The van der Waals surface area contributed by atoms with Gasteiger partial charge >= 0.3 is 0 Å². The van der Waals surface area contributed by atoms with Crippen molar-refractivity contribution in [1.82, 2.24) is 9.97 Å². The molecule has 1 aromatic heterocycles. The highest BCUT2D eigenvalue weighted by Gasteiger charge is 2.15. The van der Waals surface area contributed by atoms with Crippen molar-refractivity contribution in [3.8, 4) is 0 Å². The van der Waals surface area contributed by atoms with Gasteiger partial charge in [-0.15, -0.1) is 0 Å². The second-order valence-corrected chi connectivity index (χ2v) is 4.97. The number of H-pyrrole nitrogens is 1. The van der Waals surface area contributed by atoms with Crippen LogP contribution in [0.2, 0.25) is 5.02 Å². The lowest BCUT2D eigenvalue weighted by Gasteiger charge is -2.26. The van der Waals surface area contributed by atoms with Crippen molar-refractivity contribution < 1.29 is 0 Å². The number of hydrogen-bond acceptors (Lipinski definition) is 4. The van der Waals surface area contributed by atoms with E-state index >= 15 is 0 Å². The molecule has 4 nitrogen and oxygen atoms in total. The molecule has 0 aromatic carbocycles. The SMILES string of the molecule is CSCCC(C)N(C)c1nc[nH]c(=O)c1Cl. The van der Waals surface area contributed by atoms with Crippen LogP contribution in [0, 0.1) is 0 Å². The van der Waals surface area contributed by atoms with Gasteiger partial charge in [-0.1, -0.05) is 11.6 Å². The summed E-state index contributed by atoms with van der Waals surface area (Å²) in [6.45, 7) is 2.09. The molecule has 0 fully saturated rings. The molecule has 90 valence electrons. The van der Waals surface area contributed by atoms with E-state index in [0.29, 0.717) is 11.9 Å². The molecule has 1 atom stereocenters. The lowest BCUT2D eigenvalue weighted by Crippen LogP contribution is -2.31. The Morgan fingerprint density at radius 3 is 3.00 bits per heavy atom. The quantitative estimate of drug-likeness (QED) is 0.881. The first-order valence-corrected chi connectivity index (χ1v) is 6.80. The molecular formula is C10H16ClN3OS. The summed E-state index contributed by atoms with van der Waals surface area (Å²) in [6.07, 6.45) is 4.48. The summed E-state index contributed by atoms with van der Waals surface area (Å²) >= 11 is 7.72. The number of anilines is 1. The van der Waals surface area contributed by atoms with Gasteiger partial charge in [-0.2, -0.15) is 11.8 Å². The maximum Gasteiger partial charge on any atom is 0.271 e. The second-order valence-electron chi connectivity index (χ2n) is 3.61. The Morgan fingerprint density at radius 1 is 1.69 bits per heavy atom. The minimum Gasteiger partial charge on any atom is -0.355 e. The van der Waals surface area contributed by atoms with Crippen LogP contribution in [0.5, 0.6) is 0 Å². The third-order valence-corrected chi connectivity index (χ3v) is 3.50. The molecular weight excluding hydrogens is 246 g/mol. The summed E-state index contributed by atoms with van der Waals surface area (Å²) in [7, 11) is 1.90. The Balaban J connectivity index is 2.83. The van der Waals surface area contributed by atoms with Gasteiger partial charge in [0.25, 0.3) is 5.56 Å². The van der Waals surface area contributed by atoms with Crippen molar-refractivity contribution in [2.75, 3.05) is 24.0 Å². The van der Waals surface area contributed by atoms with Crippen molar-refractivity contribution >= 4 is 29.2 Å². The van der Waals surface area contributed by atoms with E-state index in [9.17, 15) is 4.79 Å². The topological polar surface area (TPSA) is 49.0 Å². The standard InChI is InChI=1S/C10H16ClN3OS/c1-7(4-5-16-3)14(2)9-8(11)10(15)13-6-12-9/h6-7H,4-5H2,1-3H3,(H,12,13,15). The number of rotatable bonds is 5. The van der Waals surface area contributed by atoms with E-state index in [1.165, 1.54) is 6.33 Å². The zero-order valence-electron chi connectivity index (χ0n) is 9.66. The predicted molar refractivity (Wildman–Crippen MR) is 70.7 cm³/mol. The molecule has 1 rings (SSSR count). The predicted octanol–water partition coefficient (Wildman–Crippen LogP) is 2.00. The fourth-order valence-electron chi connectivity index (χ4n) is 1.31. The minimum atomic E-state index is -0.296. The zero-order chi connectivity index (χ0) is 12.1. The van der Waals surface area contributed by atoms with E-state index < -0.39 is 0 Å². The normalized spacial score (nSPS) is 12.5. The maximum absolute atomic E-state index is 11.3. The van der Waals surface area contributed by atoms with Gasteiger partial charge in [-0.05, 0) is 25.4 Å². The monoisotopic (exact) mass is 261 g/mol.